The molecule has 3 rings (SSSR count). The van der Waals surface area contributed by atoms with Crippen LogP contribution in [-0.4, -0.2) is 41.3 Å². The molecule has 1 saturated heterocycles. The van der Waals surface area contributed by atoms with E-state index in [9.17, 15) is 8.42 Å². The summed E-state index contributed by atoms with van der Waals surface area (Å²) >= 11 is 3.32. The highest BCUT2D eigenvalue weighted by Crippen LogP contribution is 2.30. The Labute approximate surface area is 162 Å². The number of hydrogen-bond acceptors (Lipinski definition) is 5. The van der Waals surface area contributed by atoms with E-state index in [0.29, 0.717) is 35.7 Å². The average molecular weight is 441 g/mol. The lowest BCUT2D eigenvalue weighted by Gasteiger charge is -2.29. The smallest absolute Gasteiger partial charge is 0.265 e. The molecule has 26 heavy (non-hydrogen) atoms. The van der Waals surface area contributed by atoms with Crippen LogP contribution in [0.25, 0.3) is 0 Å². The summed E-state index contributed by atoms with van der Waals surface area (Å²) in [6.07, 6.45) is 0. The van der Waals surface area contributed by atoms with Gasteiger partial charge in [0.05, 0.1) is 25.5 Å². The molecule has 0 aromatic heterocycles. The van der Waals surface area contributed by atoms with Gasteiger partial charge in [-0.05, 0) is 43.3 Å². The van der Waals surface area contributed by atoms with Crippen LogP contribution in [0.2, 0.25) is 0 Å². The SMILES string of the molecule is CCOc1ccc(Br)cc1S(=O)(=O)Nc1cccc(N2CCOCC2)c1. The van der Waals surface area contributed by atoms with Crippen LogP contribution >= 0.6 is 15.9 Å². The Bertz CT molecular complexity index is 867. The predicted molar refractivity (Wildman–Crippen MR) is 106 cm³/mol. The van der Waals surface area contributed by atoms with Crippen LogP contribution in [0.4, 0.5) is 11.4 Å². The molecule has 0 unspecified atom stereocenters. The van der Waals surface area contributed by atoms with Gasteiger partial charge in [0.1, 0.15) is 10.6 Å². The van der Waals surface area contributed by atoms with Crippen molar-refractivity contribution in [2.75, 3.05) is 42.5 Å². The molecular weight excluding hydrogens is 420 g/mol. The third kappa shape index (κ3) is 4.49. The minimum absolute atomic E-state index is 0.102. The van der Waals surface area contributed by atoms with Crippen molar-refractivity contribution < 1.29 is 17.9 Å². The number of rotatable bonds is 6. The number of anilines is 2. The van der Waals surface area contributed by atoms with Gasteiger partial charge in [-0.15, -0.1) is 0 Å². The highest BCUT2D eigenvalue weighted by Gasteiger charge is 2.21. The number of sulfonamides is 1. The summed E-state index contributed by atoms with van der Waals surface area (Å²) in [5.41, 5.74) is 1.48. The van der Waals surface area contributed by atoms with Crippen LogP contribution in [0.1, 0.15) is 6.92 Å². The topological polar surface area (TPSA) is 67.9 Å². The fourth-order valence-electron chi connectivity index (χ4n) is 2.76. The largest absolute Gasteiger partial charge is 0.492 e. The second-order valence-corrected chi connectivity index (χ2v) is 8.35. The Morgan fingerprint density at radius 2 is 1.96 bits per heavy atom. The fourth-order valence-corrected chi connectivity index (χ4v) is 4.50. The maximum Gasteiger partial charge on any atom is 0.265 e. The molecule has 1 N–H and O–H groups in total. The lowest BCUT2D eigenvalue weighted by Crippen LogP contribution is -2.36. The Kier molecular flexibility index (Phi) is 6.05. The summed E-state index contributed by atoms with van der Waals surface area (Å²) in [6, 6.07) is 12.3. The van der Waals surface area contributed by atoms with Crippen LogP contribution < -0.4 is 14.4 Å². The zero-order valence-electron chi connectivity index (χ0n) is 14.4. The second kappa shape index (κ2) is 8.28. The van der Waals surface area contributed by atoms with Gasteiger partial charge in [0.15, 0.2) is 0 Å². The first-order valence-electron chi connectivity index (χ1n) is 8.37. The third-order valence-electron chi connectivity index (χ3n) is 3.97. The fraction of sp³-hybridized carbons (Fsp3) is 0.333. The Morgan fingerprint density at radius 1 is 1.19 bits per heavy atom. The number of morpholine rings is 1. The van der Waals surface area contributed by atoms with Gasteiger partial charge in [0, 0.05) is 23.2 Å². The zero-order valence-corrected chi connectivity index (χ0v) is 16.8. The van der Waals surface area contributed by atoms with Crippen molar-refractivity contribution in [3.8, 4) is 5.75 Å². The van der Waals surface area contributed by atoms with E-state index in [4.69, 9.17) is 9.47 Å². The quantitative estimate of drug-likeness (QED) is 0.744. The van der Waals surface area contributed by atoms with Gasteiger partial charge in [-0.25, -0.2) is 8.42 Å². The van der Waals surface area contributed by atoms with Crippen LogP contribution in [0.5, 0.6) is 5.75 Å². The van der Waals surface area contributed by atoms with Crippen LogP contribution in [0.3, 0.4) is 0 Å². The molecule has 0 bridgehead atoms. The predicted octanol–water partition coefficient (Wildman–Crippen LogP) is 3.49. The zero-order chi connectivity index (χ0) is 18.6. The van der Waals surface area contributed by atoms with Gasteiger partial charge in [0.2, 0.25) is 0 Å². The van der Waals surface area contributed by atoms with Crippen molar-refractivity contribution in [2.24, 2.45) is 0 Å². The van der Waals surface area contributed by atoms with Crippen molar-refractivity contribution >= 4 is 37.3 Å². The number of nitrogens with zero attached hydrogens (tertiary/aromatic N) is 1. The van der Waals surface area contributed by atoms with E-state index >= 15 is 0 Å². The summed E-state index contributed by atoms with van der Waals surface area (Å²) in [6.45, 7) is 5.12. The summed E-state index contributed by atoms with van der Waals surface area (Å²) < 4.78 is 39.9. The average Bonchev–Trinajstić information content (AvgIpc) is 2.64. The van der Waals surface area contributed by atoms with E-state index in [1.807, 2.05) is 25.1 Å². The second-order valence-electron chi connectivity index (χ2n) is 5.78. The van der Waals surface area contributed by atoms with E-state index in [1.165, 1.54) is 0 Å². The first-order valence-corrected chi connectivity index (χ1v) is 10.6. The van der Waals surface area contributed by atoms with Gasteiger partial charge in [-0.2, -0.15) is 0 Å². The molecule has 1 aliphatic rings. The summed E-state index contributed by atoms with van der Waals surface area (Å²) in [4.78, 5) is 2.27. The normalized spacial score (nSPS) is 14.9. The van der Waals surface area contributed by atoms with Gasteiger partial charge in [-0.3, -0.25) is 4.72 Å². The molecule has 0 saturated carbocycles. The summed E-state index contributed by atoms with van der Waals surface area (Å²) in [5.74, 6) is 0.326. The maximum absolute atomic E-state index is 12.9. The number of hydrogen-bond donors (Lipinski definition) is 1. The Morgan fingerprint density at radius 3 is 2.69 bits per heavy atom. The maximum atomic E-state index is 12.9. The van der Waals surface area contributed by atoms with Gasteiger partial charge < -0.3 is 14.4 Å². The molecule has 1 heterocycles. The van der Waals surface area contributed by atoms with Crippen molar-refractivity contribution in [1.29, 1.82) is 0 Å². The Hall–Kier alpha value is -1.77. The molecule has 2 aromatic rings. The van der Waals surface area contributed by atoms with E-state index in [2.05, 4.69) is 25.6 Å². The van der Waals surface area contributed by atoms with Crippen LogP contribution in [0.15, 0.2) is 51.8 Å². The molecule has 0 atom stereocenters. The lowest BCUT2D eigenvalue weighted by molar-refractivity contribution is 0.122. The number of benzene rings is 2. The monoisotopic (exact) mass is 440 g/mol. The minimum atomic E-state index is -3.78. The Balaban J connectivity index is 1.87. The number of halogens is 1. The van der Waals surface area contributed by atoms with Crippen molar-refractivity contribution in [1.82, 2.24) is 0 Å². The molecule has 2 aromatic carbocycles. The number of nitrogens with one attached hydrogen (secondary N) is 1. The first-order chi connectivity index (χ1) is 12.5. The molecule has 1 fully saturated rings. The molecule has 0 amide bonds. The van der Waals surface area contributed by atoms with Crippen molar-refractivity contribution in [3.05, 3.63) is 46.9 Å². The summed E-state index contributed by atoms with van der Waals surface area (Å²) in [7, 11) is -3.78. The van der Waals surface area contributed by atoms with E-state index < -0.39 is 10.0 Å². The molecule has 0 spiro atoms. The molecule has 8 heteroatoms. The minimum Gasteiger partial charge on any atom is -0.492 e. The molecule has 0 aliphatic carbocycles. The van der Waals surface area contributed by atoms with E-state index in [0.717, 1.165) is 18.8 Å². The van der Waals surface area contributed by atoms with Gasteiger partial charge in [-0.1, -0.05) is 22.0 Å². The third-order valence-corrected chi connectivity index (χ3v) is 5.87. The van der Waals surface area contributed by atoms with E-state index in [1.54, 1.807) is 24.3 Å². The lowest BCUT2D eigenvalue weighted by atomic mass is 10.2. The number of ether oxygens (including phenoxy) is 2. The highest BCUT2D eigenvalue weighted by molar-refractivity contribution is 9.10. The van der Waals surface area contributed by atoms with Crippen LogP contribution in [0, 0.1) is 0 Å². The van der Waals surface area contributed by atoms with Gasteiger partial charge >= 0.3 is 0 Å². The molecule has 6 nitrogen and oxygen atoms in total. The first kappa shape index (κ1) is 19.0. The van der Waals surface area contributed by atoms with Crippen LogP contribution in [-0.2, 0) is 14.8 Å². The summed E-state index contributed by atoms with van der Waals surface area (Å²) in [5, 5.41) is 0. The molecule has 0 radical (unpaired) electrons. The standard InChI is InChI=1S/C18H21BrN2O4S/c1-2-25-17-7-6-14(19)12-18(17)26(22,23)20-15-4-3-5-16(13-15)21-8-10-24-11-9-21/h3-7,12-13,20H,2,8-11H2,1H3. The van der Waals surface area contributed by atoms with E-state index in [-0.39, 0.29) is 4.90 Å². The van der Waals surface area contributed by atoms with Gasteiger partial charge in [0.25, 0.3) is 10.0 Å². The van der Waals surface area contributed by atoms with Crippen molar-refractivity contribution in [2.45, 2.75) is 11.8 Å². The molecule has 1 aliphatic heterocycles. The molecule has 140 valence electrons. The highest BCUT2D eigenvalue weighted by atomic mass is 79.9. The van der Waals surface area contributed by atoms with Crippen molar-refractivity contribution in [3.63, 3.8) is 0 Å². The molecular formula is C18H21BrN2O4S.